The van der Waals surface area contributed by atoms with Crippen molar-refractivity contribution in [2.24, 2.45) is 7.05 Å². The van der Waals surface area contributed by atoms with E-state index < -0.39 is 0 Å². The Labute approximate surface area is 157 Å². The van der Waals surface area contributed by atoms with Crippen LogP contribution < -0.4 is 10.1 Å². The van der Waals surface area contributed by atoms with Crippen molar-refractivity contribution in [2.45, 2.75) is 31.9 Å². The Hall–Kier alpha value is -3.22. The van der Waals surface area contributed by atoms with Crippen molar-refractivity contribution in [1.29, 1.82) is 0 Å². The lowest BCUT2D eigenvalue weighted by atomic mass is 10.1. The number of ether oxygens (including phenoxy) is 1. The molecule has 0 saturated heterocycles. The summed E-state index contributed by atoms with van der Waals surface area (Å²) in [4.78, 5) is 16.8. The number of benzene rings is 1. The first kappa shape index (κ1) is 17.2. The molecule has 4 rings (SSSR count). The number of carbonyl (C=O) groups is 1. The molecule has 138 valence electrons. The van der Waals surface area contributed by atoms with Gasteiger partial charge in [-0.2, -0.15) is 0 Å². The summed E-state index contributed by atoms with van der Waals surface area (Å²) in [7, 11) is 1.80. The number of rotatable bonds is 6. The highest BCUT2D eigenvalue weighted by atomic mass is 16.5. The minimum Gasteiger partial charge on any atom is -0.484 e. The number of amides is 1. The minimum absolute atomic E-state index is 0.0769. The summed E-state index contributed by atoms with van der Waals surface area (Å²) in [5, 5.41) is 11.2. The van der Waals surface area contributed by atoms with Gasteiger partial charge in [0.1, 0.15) is 17.5 Å². The van der Waals surface area contributed by atoms with E-state index in [4.69, 9.17) is 4.74 Å². The van der Waals surface area contributed by atoms with Gasteiger partial charge in [0, 0.05) is 30.4 Å². The average Bonchev–Trinajstić information content (AvgIpc) is 3.40. The van der Waals surface area contributed by atoms with Gasteiger partial charge in [0.2, 0.25) is 0 Å². The molecule has 1 aliphatic carbocycles. The summed E-state index contributed by atoms with van der Waals surface area (Å²) in [6, 6.07) is 11.4. The van der Waals surface area contributed by atoms with E-state index in [1.54, 1.807) is 30.2 Å². The van der Waals surface area contributed by atoms with Crippen LogP contribution in [-0.4, -0.2) is 31.9 Å². The standard InChI is InChI=1S/C20H21N5O2/c1-13(17-5-3-4-10-21-17)27-19-9-6-14(20(26)22-15-7-8-15)11-16(19)18-12-25(2)24-23-18/h3-6,9-13,15H,7-8H2,1-2H3,(H,22,26). The molecule has 1 aliphatic rings. The number of aromatic nitrogens is 4. The first-order valence-corrected chi connectivity index (χ1v) is 8.99. The van der Waals surface area contributed by atoms with E-state index in [9.17, 15) is 4.79 Å². The largest absolute Gasteiger partial charge is 0.484 e. The zero-order chi connectivity index (χ0) is 18.8. The molecule has 7 nitrogen and oxygen atoms in total. The second kappa shape index (κ2) is 7.19. The third-order valence-corrected chi connectivity index (χ3v) is 4.44. The maximum atomic E-state index is 12.4. The molecule has 1 atom stereocenters. The highest BCUT2D eigenvalue weighted by molar-refractivity contribution is 5.96. The van der Waals surface area contributed by atoms with Crippen molar-refractivity contribution in [2.75, 3.05) is 0 Å². The van der Waals surface area contributed by atoms with Crippen molar-refractivity contribution >= 4 is 5.91 Å². The molecule has 2 aromatic heterocycles. The molecule has 1 aromatic carbocycles. The predicted octanol–water partition coefficient (Wildman–Crippen LogP) is 2.91. The molecule has 2 heterocycles. The van der Waals surface area contributed by atoms with Crippen LogP contribution >= 0.6 is 0 Å². The van der Waals surface area contributed by atoms with Crippen molar-refractivity contribution in [3.8, 4) is 17.0 Å². The van der Waals surface area contributed by atoms with Crippen LogP contribution in [0.1, 0.15) is 41.9 Å². The van der Waals surface area contributed by atoms with Crippen LogP contribution in [0.5, 0.6) is 5.75 Å². The zero-order valence-corrected chi connectivity index (χ0v) is 15.3. The Morgan fingerprint density at radius 3 is 2.81 bits per heavy atom. The quantitative estimate of drug-likeness (QED) is 0.728. The first-order chi connectivity index (χ1) is 13.1. The molecule has 1 N–H and O–H groups in total. The van der Waals surface area contributed by atoms with Gasteiger partial charge in [0.15, 0.2) is 0 Å². The van der Waals surface area contributed by atoms with E-state index in [0.717, 1.165) is 24.1 Å². The highest BCUT2D eigenvalue weighted by Crippen LogP contribution is 2.33. The number of hydrogen-bond donors (Lipinski definition) is 1. The smallest absolute Gasteiger partial charge is 0.251 e. The van der Waals surface area contributed by atoms with E-state index in [1.807, 2.05) is 37.3 Å². The summed E-state index contributed by atoms with van der Waals surface area (Å²) in [5.74, 6) is 0.559. The maximum absolute atomic E-state index is 12.4. The van der Waals surface area contributed by atoms with Gasteiger partial charge in [-0.05, 0) is 50.1 Å². The lowest BCUT2D eigenvalue weighted by molar-refractivity contribution is 0.0951. The Balaban J connectivity index is 1.66. The highest BCUT2D eigenvalue weighted by Gasteiger charge is 2.24. The maximum Gasteiger partial charge on any atom is 0.251 e. The molecule has 0 aliphatic heterocycles. The summed E-state index contributed by atoms with van der Waals surface area (Å²) in [6.45, 7) is 1.94. The number of hydrogen-bond acceptors (Lipinski definition) is 5. The first-order valence-electron chi connectivity index (χ1n) is 8.99. The molecule has 0 radical (unpaired) electrons. The van der Waals surface area contributed by atoms with Crippen LogP contribution in [0.3, 0.4) is 0 Å². The fraction of sp³-hybridized carbons (Fsp3) is 0.300. The summed E-state index contributed by atoms with van der Waals surface area (Å²) < 4.78 is 7.78. The van der Waals surface area contributed by atoms with Crippen molar-refractivity contribution < 1.29 is 9.53 Å². The van der Waals surface area contributed by atoms with Gasteiger partial charge in [-0.15, -0.1) is 5.10 Å². The SMILES string of the molecule is CC(Oc1ccc(C(=O)NC2CC2)cc1-c1cn(C)nn1)c1ccccn1. The topological polar surface area (TPSA) is 81.9 Å². The predicted molar refractivity (Wildman–Crippen MR) is 100 cm³/mol. The van der Waals surface area contributed by atoms with E-state index in [-0.39, 0.29) is 12.0 Å². The third-order valence-electron chi connectivity index (χ3n) is 4.44. The molecule has 1 unspecified atom stereocenters. The number of nitrogens with one attached hydrogen (secondary N) is 1. The van der Waals surface area contributed by atoms with Crippen LogP contribution in [0.2, 0.25) is 0 Å². The molecular formula is C20H21N5O2. The Morgan fingerprint density at radius 2 is 2.15 bits per heavy atom. The number of aryl methyl sites for hydroxylation is 1. The second-order valence-electron chi connectivity index (χ2n) is 6.75. The van der Waals surface area contributed by atoms with Gasteiger partial charge >= 0.3 is 0 Å². The van der Waals surface area contributed by atoms with Gasteiger partial charge in [-0.25, -0.2) is 0 Å². The van der Waals surface area contributed by atoms with Crippen molar-refractivity contribution in [3.63, 3.8) is 0 Å². The van der Waals surface area contributed by atoms with Crippen LogP contribution in [0, 0.1) is 0 Å². The monoisotopic (exact) mass is 363 g/mol. The summed E-state index contributed by atoms with van der Waals surface area (Å²) in [5.41, 5.74) is 2.80. The van der Waals surface area contributed by atoms with Crippen LogP contribution in [0.15, 0.2) is 48.8 Å². The Kier molecular flexibility index (Phi) is 4.58. The lowest BCUT2D eigenvalue weighted by Gasteiger charge is -2.17. The molecule has 7 heteroatoms. The molecule has 1 amide bonds. The molecule has 0 spiro atoms. The van der Waals surface area contributed by atoms with E-state index >= 15 is 0 Å². The molecular weight excluding hydrogens is 342 g/mol. The number of carbonyl (C=O) groups excluding carboxylic acids is 1. The Morgan fingerprint density at radius 1 is 1.30 bits per heavy atom. The summed E-state index contributed by atoms with van der Waals surface area (Å²) in [6.07, 6.45) is 5.39. The second-order valence-corrected chi connectivity index (χ2v) is 6.75. The molecule has 1 saturated carbocycles. The van der Waals surface area contributed by atoms with E-state index in [2.05, 4.69) is 20.6 Å². The minimum atomic E-state index is -0.243. The fourth-order valence-electron chi connectivity index (χ4n) is 2.81. The van der Waals surface area contributed by atoms with E-state index in [1.165, 1.54) is 0 Å². The van der Waals surface area contributed by atoms with Gasteiger partial charge in [-0.3, -0.25) is 14.5 Å². The van der Waals surface area contributed by atoms with Gasteiger partial charge in [0.25, 0.3) is 5.91 Å². The van der Waals surface area contributed by atoms with Gasteiger partial charge in [0.05, 0.1) is 11.9 Å². The zero-order valence-electron chi connectivity index (χ0n) is 15.3. The third kappa shape index (κ3) is 3.97. The number of nitrogens with zero attached hydrogens (tertiary/aromatic N) is 4. The Bertz CT molecular complexity index is 950. The lowest BCUT2D eigenvalue weighted by Crippen LogP contribution is -2.25. The average molecular weight is 363 g/mol. The van der Waals surface area contributed by atoms with E-state index in [0.29, 0.717) is 23.0 Å². The van der Waals surface area contributed by atoms with Crippen LogP contribution in [0.4, 0.5) is 0 Å². The number of pyridine rings is 1. The summed E-state index contributed by atoms with van der Waals surface area (Å²) >= 11 is 0. The van der Waals surface area contributed by atoms with Crippen LogP contribution in [0.25, 0.3) is 11.3 Å². The normalized spacial score (nSPS) is 14.6. The van der Waals surface area contributed by atoms with Crippen molar-refractivity contribution in [1.82, 2.24) is 25.3 Å². The van der Waals surface area contributed by atoms with Gasteiger partial charge in [-0.1, -0.05) is 11.3 Å². The fourth-order valence-corrected chi connectivity index (χ4v) is 2.81. The molecule has 1 fully saturated rings. The van der Waals surface area contributed by atoms with Gasteiger partial charge < -0.3 is 10.1 Å². The molecule has 3 aromatic rings. The molecule has 0 bridgehead atoms. The van der Waals surface area contributed by atoms with Crippen molar-refractivity contribution in [3.05, 3.63) is 60.0 Å². The molecule has 27 heavy (non-hydrogen) atoms. The van der Waals surface area contributed by atoms with Crippen LogP contribution in [-0.2, 0) is 7.05 Å².